The largest absolute Gasteiger partial charge is 0.477 e. The van der Waals surface area contributed by atoms with E-state index in [9.17, 15) is 9.59 Å². The van der Waals surface area contributed by atoms with Gasteiger partial charge in [0.05, 0.1) is 10.6 Å². The van der Waals surface area contributed by atoms with Gasteiger partial charge < -0.3 is 10.4 Å². The third-order valence-electron chi connectivity index (χ3n) is 2.51. The number of carbonyl (C=O) groups excluding carboxylic acids is 1. The number of carboxylic acid groups (broad SMARTS) is 1. The number of amides is 1. The van der Waals surface area contributed by atoms with E-state index in [0.717, 1.165) is 0 Å². The molecule has 0 radical (unpaired) electrons. The van der Waals surface area contributed by atoms with Crippen LogP contribution < -0.4 is 5.32 Å². The van der Waals surface area contributed by atoms with Crippen LogP contribution in [0.4, 0.5) is 0 Å². The second-order valence-corrected chi connectivity index (χ2v) is 4.30. The van der Waals surface area contributed by atoms with Crippen molar-refractivity contribution >= 4 is 23.5 Å². The molecule has 0 unspecified atom stereocenters. The predicted molar refractivity (Wildman–Crippen MR) is 71.6 cm³/mol. The van der Waals surface area contributed by atoms with Crippen LogP contribution in [-0.2, 0) is 6.54 Å². The number of pyridine rings is 2. The molecule has 6 nitrogen and oxygen atoms in total. The highest BCUT2D eigenvalue weighted by Crippen LogP contribution is 2.13. The average Bonchev–Trinajstić information content (AvgIpc) is 2.45. The molecular weight excluding hydrogens is 282 g/mol. The minimum absolute atomic E-state index is 0.0442. The quantitative estimate of drug-likeness (QED) is 0.895. The molecule has 0 aromatic carbocycles. The minimum atomic E-state index is -1.09. The first kappa shape index (κ1) is 14.0. The van der Waals surface area contributed by atoms with Crippen LogP contribution in [-0.4, -0.2) is 27.0 Å². The van der Waals surface area contributed by atoms with E-state index in [1.807, 2.05) is 0 Å². The summed E-state index contributed by atoms with van der Waals surface area (Å²) < 4.78 is 0. The molecule has 2 aromatic heterocycles. The lowest BCUT2D eigenvalue weighted by Gasteiger charge is -2.06. The number of rotatable bonds is 4. The SMILES string of the molecule is O=C(O)c1ccc(CNC(=O)c2ccncc2Cl)cn1. The summed E-state index contributed by atoms with van der Waals surface area (Å²) in [6.45, 7) is 0.227. The van der Waals surface area contributed by atoms with E-state index < -0.39 is 5.97 Å². The molecule has 0 spiro atoms. The molecule has 0 saturated carbocycles. The molecule has 0 aliphatic heterocycles. The first-order valence-corrected chi connectivity index (χ1v) is 6.01. The Hall–Kier alpha value is -2.47. The van der Waals surface area contributed by atoms with Gasteiger partial charge in [-0.05, 0) is 17.7 Å². The molecule has 2 N–H and O–H groups in total. The standard InChI is InChI=1S/C13H10ClN3O3/c14-10-7-15-4-3-9(10)12(18)17-6-8-1-2-11(13(19)20)16-5-8/h1-5,7H,6H2,(H,17,18)(H,19,20). The molecule has 0 bridgehead atoms. The fraction of sp³-hybridized carbons (Fsp3) is 0.0769. The van der Waals surface area contributed by atoms with E-state index in [1.54, 1.807) is 6.07 Å². The summed E-state index contributed by atoms with van der Waals surface area (Å²) in [6.07, 6.45) is 4.27. The van der Waals surface area contributed by atoms with Gasteiger partial charge in [-0.1, -0.05) is 17.7 Å². The summed E-state index contributed by atoms with van der Waals surface area (Å²) in [5.74, 6) is -1.43. The Morgan fingerprint density at radius 2 is 2.05 bits per heavy atom. The van der Waals surface area contributed by atoms with E-state index in [0.29, 0.717) is 11.1 Å². The molecule has 2 rings (SSSR count). The van der Waals surface area contributed by atoms with Crippen molar-refractivity contribution in [1.82, 2.24) is 15.3 Å². The molecule has 1 amide bonds. The summed E-state index contributed by atoms with van der Waals surface area (Å²) in [6, 6.07) is 4.48. The second kappa shape index (κ2) is 6.12. The van der Waals surface area contributed by atoms with Crippen LogP contribution in [0.1, 0.15) is 26.4 Å². The second-order valence-electron chi connectivity index (χ2n) is 3.90. The molecule has 0 atom stereocenters. The van der Waals surface area contributed by atoms with Crippen LogP contribution >= 0.6 is 11.6 Å². The maximum Gasteiger partial charge on any atom is 0.354 e. The Balaban J connectivity index is 2.00. The highest BCUT2D eigenvalue weighted by molar-refractivity contribution is 6.33. The van der Waals surface area contributed by atoms with Crippen molar-refractivity contribution in [2.75, 3.05) is 0 Å². The normalized spacial score (nSPS) is 10.1. The van der Waals surface area contributed by atoms with Crippen molar-refractivity contribution in [3.8, 4) is 0 Å². The number of aromatic carboxylic acids is 1. The first-order chi connectivity index (χ1) is 9.58. The topological polar surface area (TPSA) is 92.2 Å². The zero-order valence-corrected chi connectivity index (χ0v) is 11.0. The third-order valence-corrected chi connectivity index (χ3v) is 2.82. The van der Waals surface area contributed by atoms with Gasteiger partial charge in [-0.2, -0.15) is 0 Å². The first-order valence-electron chi connectivity index (χ1n) is 5.64. The van der Waals surface area contributed by atoms with Gasteiger partial charge in [-0.25, -0.2) is 9.78 Å². The van der Waals surface area contributed by atoms with Crippen LogP contribution in [0.2, 0.25) is 5.02 Å². The monoisotopic (exact) mass is 291 g/mol. The fourth-order valence-electron chi connectivity index (χ4n) is 1.49. The predicted octanol–water partition coefficient (Wildman–Crippen LogP) is 1.76. The lowest BCUT2D eigenvalue weighted by Crippen LogP contribution is -2.23. The molecule has 7 heteroatoms. The minimum Gasteiger partial charge on any atom is -0.477 e. The van der Waals surface area contributed by atoms with E-state index in [-0.39, 0.29) is 23.2 Å². The highest BCUT2D eigenvalue weighted by Gasteiger charge is 2.10. The number of aromatic nitrogens is 2. The summed E-state index contributed by atoms with van der Waals surface area (Å²) in [5, 5.41) is 11.7. The van der Waals surface area contributed by atoms with E-state index >= 15 is 0 Å². The summed E-state index contributed by atoms with van der Waals surface area (Å²) in [4.78, 5) is 30.1. The molecule has 0 aliphatic rings. The van der Waals surface area contributed by atoms with Gasteiger partial charge in [0, 0.05) is 25.1 Å². The molecule has 2 aromatic rings. The van der Waals surface area contributed by atoms with Crippen molar-refractivity contribution in [1.29, 1.82) is 0 Å². The van der Waals surface area contributed by atoms with Crippen LogP contribution in [0, 0.1) is 0 Å². The Morgan fingerprint density at radius 3 is 2.65 bits per heavy atom. The van der Waals surface area contributed by atoms with Crippen LogP contribution in [0.5, 0.6) is 0 Å². The van der Waals surface area contributed by atoms with Crippen molar-refractivity contribution in [2.45, 2.75) is 6.54 Å². The smallest absolute Gasteiger partial charge is 0.354 e. The van der Waals surface area contributed by atoms with Gasteiger partial charge in [-0.3, -0.25) is 9.78 Å². The lowest BCUT2D eigenvalue weighted by molar-refractivity contribution is 0.0690. The lowest BCUT2D eigenvalue weighted by atomic mass is 10.2. The summed E-state index contributed by atoms with van der Waals surface area (Å²) in [5.41, 5.74) is 0.975. The van der Waals surface area contributed by atoms with Crippen molar-refractivity contribution in [3.63, 3.8) is 0 Å². The number of hydrogen-bond donors (Lipinski definition) is 2. The van der Waals surface area contributed by atoms with Crippen molar-refractivity contribution < 1.29 is 14.7 Å². The number of halogens is 1. The number of carboxylic acids is 1. The molecule has 20 heavy (non-hydrogen) atoms. The van der Waals surface area contributed by atoms with Gasteiger partial charge in [-0.15, -0.1) is 0 Å². The fourth-order valence-corrected chi connectivity index (χ4v) is 1.70. The van der Waals surface area contributed by atoms with Crippen molar-refractivity contribution in [3.05, 3.63) is 58.6 Å². The van der Waals surface area contributed by atoms with Gasteiger partial charge in [0.2, 0.25) is 0 Å². The van der Waals surface area contributed by atoms with Crippen LogP contribution in [0.15, 0.2) is 36.8 Å². The maximum atomic E-state index is 11.9. The highest BCUT2D eigenvalue weighted by atomic mass is 35.5. The van der Waals surface area contributed by atoms with Gasteiger partial charge in [0.25, 0.3) is 5.91 Å². The Kier molecular flexibility index (Phi) is 4.27. The number of nitrogens with one attached hydrogen (secondary N) is 1. The molecular formula is C13H10ClN3O3. The van der Waals surface area contributed by atoms with Crippen LogP contribution in [0.25, 0.3) is 0 Å². The molecule has 102 valence electrons. The van der Waals surface area contributed by atoms with E-state index in [4.69, 9.17) is 16.7 Å². The summed E-state index contributed by atoms with van der Waals surface area (Å²) >= 11 is 5.86. The Morgan fingerprint density at radius 1 is 1.25 bits per heavy atom. The van der Waals surface area contributed by atoms with Crippen molar-refractivity contribution in [2.24, 2.45) is 0 Å². The van der Waals surface area contributed by atoms with Gasteiger partial charge >= 0.3 is 5.97 Å². The Labute approximate surface area is 119 Å². The zero-order valence-electron chi connectivity index (χ0n) is 10.2. The zero-order chi connectivity index (χ0) is 14.5. The molecule has 0 aliphatic carbocycles. The van der Waals surface area contributed by atoms with E-state index in [1.165, 1.54) is 30.7 Å². The molecule has 0 fully saturated rings. The summed E-state index contributed by atoms with van der Waals surface area (Å²) in [7, 11) is 0. The average molecular weight is 292 g/mol. The van der Waals surface area contributed by atoms with Gasteiger partial charge in [0.15, 0.2) is 0 Å². The number of carbonyl (C=O) groups is 2. The molecule has 2 heterocycles. The van der Waals surface area contributed by atoms with Crippen LogP contribution in [0.3, 0.4) is 0 Å². The third kappa shape index (κ3) is 3.30. The van der Waals surface area contributed by atoms with Gasteiger partial charge in [0.1, 0.15) is 5.69 Å². The maximum absolute atomic E-state index is 11.9. The number of nitrogens with zero attached hydrogens (tertiary/aromatic N) is 2. The van der Waals surface area contributed by atoms with E-state index in [2.05, 4.69) is 15.3 Å². The molecule has 0 saturated heterocycles. The Bertz CT molecular complexity index is 644. The number of hydrogen-bond acceptors (Lipinski definition) is 4.